The van der Waals surface area contributed by atoms with Crippen molar-refractivity contribution in [1.82, 2.24) is 0 Å². The monoisotopic (exact) mass is 781 g/mol. The number of esters is 1. The van der Waals surface area contributed by atoms with E-state index in [1.807, 2.05) is 121 Å². The molecule has 0 saturated carbocycles. The largest absolute Gasteiger partial charge is 0.459 e. The van der Waals surface area contributed by atoms with E-state index in [1.165, 1.54) is 6.92 Å². The number of benzene rings is 4. The Labute approximate surface area is 331 Å². The van der Waals surface area contributed by atoms with Crippen molar-refractivity contribution in [2.45, 2.75) is 94.4 Å². The van der Waals surface area contributed by atoms with Crippen molar-refractivity contribution in [2.75, 3.05) is 20.3 Å². The van der Waals surface area contributed by atoms with Gasteiger partial charge < -0.3 is 47.4 Å². The normalized spacial score (nSPS) is 29.8. The van der Waals surface area contributed by atoms with Crippen LogP contribution in [0.1, 0.15) is 35.5 Å². The smallest absolute Gasteiger partial charge is 0.303 e. The molecule has 0 N–H and O–H groups in total. The summed E-state index contributed by atoms with van der Waals surface area (Å²) in [6, 6.07) is 37.6. The minimum Gasteiger partial charge on any atom is -0.459 e. The van der Waals surface area contributed by atoms with Crippen LogP contribution in [0, 0.1) is 0 Å². The number of ether oxygens (including phenoxy) is 10. The molecule has 0 spiro atoms. The van der Waals surface area contributed by atoms with Crippen LogP contribution in [0.5, 0.6) is 0 Å². The predicted molar refractivity (Wildman–Crippen MR) is 204 cm³/mol. The molecule has 2 unspecified atom stereocenters. The molecule has 14 heteroatoms. The Morgan fingerprint density at radius 3 is 1.77 bits per heavy atom. The molecule has 14 nitrogen and oxygen atoms in total. The van der Waals surface area contributed by atoms with Crippen LogP contribution in [0.15, 0.2) is 126 Å². The number of nitrogens with zero attached hydrogens (tertiary/aromatic N) is 3. The average molecular weight is 782 g/mol. The molecule has 300 valence electrons. The molecule has 3 aliphatic rings. The molecule has 3 heterocycles. The van der Waals surface area contributed by atoms with Crippen LogP contribution in [0.25, 0.3) is 10.4 Å². The van der Waals surface area contributed by atoms with Gasteiger partial charge in [0.2, 0.25) is 0 Å². The molecule has 4 aromatic rings. The molecule has 0 radical (unpaired) electrons. The predicted octanol–water partition coefficient (Wildman–Crippen LogP) is 6.58. The number of rotatable bonds is 16. The number of fused-ring (bicyclic) bond motifs is 1. The van der Waals surface area contributed by atoms with E-state index in [0.29, 0.717) is 0 Å². The standard InChI is InChI=1S/C43H47N3O11/c1-28(47)54-38-35(45-46-44)42(55-34-27-52-41(57-37(34)38)32-21-13-6-14-22-32)53-26-33-36(49-23-29-15-7-3-8-16-29)39(50-24-30-17-9-4-10-18-30)40(43(48-2)56-33)51-25-31-19-11-5-12-20-31/h3-22,33-43H,23-27H2,1-2H3/t33-,34-,35-,36-,37-,38-,39+,40-,41?,42?,43+/m1/s1. The number of carbonyl (C=O) groups is 1. The van der Waals surface area contributed by atoms with E-state index < -0.39 is 73.6 Å². The van der Waals surface area contributed by atoms with E-state index in [2.05, 4.69) is 10.0 Å². The van der Waals surface area contributed by atoms with E-state index in [4.69, 9.17) is 47.4 Å². The zero-order chi connectivity index (χ0) is 39.4. The second-order valence-corrected chi connectivity index (χ2v) is 13.9. The SMILES string of the molecule is CO[C@H]1O[C@H](COC2O[C@@H]3COC(c4ccccc4)O[C@H]3[C@H](OC(C)=O)[C@H]2N=[N+]=[N-])[C@@H](OCc2ccccc2)[C@H](OCc2ccccc2)[C@H]1OCc1ccccc1. The number of methoxy groups -OCH3 is 1. The lowest BCUT2D eigenvalue weighted by Gasteiger charge is -2.48. The minimum atomic E-state index is -1.19. The zero-order valence-electron chi connectivity index (χ0n) is 31.8. The molecule has 0 aromatic heterocycles. The highest BCUT2D eigenvalue weighted by atomic mass is 16.8. The van der Waals surface area contributed by atoms with Crippen molar-refractivity contribution in [3.8, 4) is 0 Å². The molecule has 3 saturated heterocycles. The molecule has 0 bridgehead atoms. The molecular formula is C43H47N3O11. The molecule has 3 aliphatic heterocycles. The second-order valence-electron chi connectivity index (χ2n) is 13.9. The maximum absolute atomic E-state index is 12.5. The summed E-state index contributed by atoms with van der Waals surface area (Å²) < 4.78 is 63.5. The third-order valence-electron chi connectivity index (χ3n) is 9.97. The van der Waals surface area contributed by atoms with Gasteiger partial charge in [-0.25, -0.2) is 0 Å². The van der Waals surface area contributed by atoms with E-state index >= 15 is 0 Å². The summed E-state index contributed by atoms with van der Waals surface area (Å²) in [6.45, 7) is 2.00. The van der Waals surface area contributed by atoms with Crippen molar-refractivity contribution in [3.63, 3.8) is 0 Å². The average Bonchev–Trinajstić information content (AvgIpc) is 3.25. The van der Waals surface area contributed by atoms with Crippen LogP contribution in [-0.2, 0) is 72.0 Å². The van der Waals surface area contributed by atoms with Crippen LogP contribution in [0.2, 0.25) is 0 Å². The molecular weight excluding hydrogens is 734 g/mol. The maximum atomic E-state index is 12.5. The lowest BCUT2D eigenvalue weighted by atomic mass is 9.95. The Kier molecular flexibility index (Phi) is 14.3. The molecule has 57 heavy (non-hydrogen) atoms. The van der Waals surface area contributed by atoms with Gasteiger partial charge in [-0.05, 0) is 22.2 Å². The van der Waals surface area contributed by atoms with Crippen LogP contribution in [-0.4, -0.2) is 87.6 Å². The molecule has 0 amide bonds. The van der Waals surface area contributed by atoms with Crippen LogP contribution in [0.4, 0.5) is 0 Å². The van der Waals surface area contributed by atoms with Gasteiger partial charge in [0.15, 0.2) is 18.9 Å². The van der Waals surface area contributed by atoms with Gasteiger partial charge in [-0.2, -0.15) is 0 Å². The van der Waals surface area contributed by atoms with Gasteiger partial charge in [0, 0.05) is 24.5 Å². The third-order valence-corrected chi connectivity index (χ3v) is 9.97. The van der Waals surface area contributed by atoms with Gasteiger partial charge in [-0.3, -0.25) is 4.79 Å². The van der Waals surface area contributed by atoms with Crippen LogP contribution < -0.4 is 0 Å². The topological polar surface area (TPSA) is 158 Å². The van der Waals surface area contributed by atoms with E-state index in [-0.39, 0.29) is 33.0 Å². The highest BCUT2D eigenvalue weighted by Crippen LogP contribution is 2.38. The van der Waals surface area contributed by atoms with Gasteiger partial charge in [0.05, 0.1) is 33.0 Å². The Bertz CT molecular complexity index is 1870. The number of carbonyl (C=O) groups excluding carboxylic acids is 1. The second kappa shape index (κ2) is 20.1. The fourth-order valence-corrected chi connectivity index (χ4v) is 7.24. The zero-order valence-corrected chi connectivity index (χ0v) is 31.8. The summed E-state index contributed by atoms with van der Waals surface area (Å²) in [5.74, 6) is -0.586. The van der Waals surface area contributed by atoms with E-state index in [9.17, 15) is 10.3 Å². The van der Waals surface area contributed by atoms with E-state index in [1.54, 1.807) is 7.11 Å². The molecule has 7 rings (SSSR count). The first-order valence-electron chi connectivity index (χ1n) is 19.0. The Hall–Kier alpha value is -4.70. The molecule has 0 aliphatic carbocycles. The van der Waals surface area contributed by atoms with Gasteiger partial charge >= 0.3 is 5.97 Å². The van der Waals surface area contributed by atoms with Crippen molar-refractivity contribution >= 4 is 5.97 Å². The molecule has 4 aromatic carbocycles. The lowest BCUT2D eigenvalue weighted by molar-refractivity contribution is -0.355. The Balaban J connectivity index is 1.15. The summed E-state index contributed by atoms with van der Waals surface area (Å²) in [5, 5.41) is 4.01. The minimum absolute atomic E-state index is 0.0924. The van der Waals surface area contributed by atoms with Gasteiger partial charge in [-0.15, -0.1) is 0 Å². The van der Waals surface area contributed by atoms with Crippen LogP contribution in [0.3, 0.4) is 0 Å². The quantitative estimate of drug-likeness (QED) is 0.0523. The van der Waals surface area contributed by atoms with Gasteiger partial charge in [0.25, 0.3) is 0 Å². The Morgan fingerprint density at radius 1 is 0.684 bits per heavy atom. The first-order chi connectivity index (χ1) is 28.0. The van der Waals surface area contributed by atoms with Gasteiger partial charge in [-0.1, -0.05) is 126 Å². The summed E-state index contributed by atoms with van der Waals surface area (Å²) in [7, 11) is 1.54. The summed E-state index contributed by atoms with van der Waals surface area (Å²) in [5.41, 5.74) is 13.4. The highest BCUT2D eigenvalue weighted by Gasteiger charge is 2.54. The summed E-state index contributed by atoms with van der Waals surface area (Å²) >= 11 is 0. The first kappa shape index (κ1) is 40.5. The fraction of sp³-hybridized carbons (Fsp3) is 0.419. The van der Waals surface area contributed by atoms with Crippen LogP contribution >= 0.6 is 0 Å². The van der Waals surface area contributed by atoms with E-state index in [0.717, 1.165) is 22.3 Å². The number of azide groups is 1. The number of hydrogen-bond donors (Lipinski definition) is 0. The molecule has 3 fully saturated rings. The van der Waals surface area contributed by atoms with Crippen molar-refractivity contribution < 1.29 is 52.2 Å². The maximum Gasteiger partial charge on any atom is 0.303 e. The number of hydrogen-bond acceptors (Lipinski definition) is 12. The summed E-state index contributed by atoms with van der Waals surface area (Å²) in [4.78, 5) is 15.5. The van der Waals surface area contributed by atoms with Crippen molar-refractivity contribution in [2.24, 2.45) is 5.11 Å². The third kappa shape index (κ3) is 10.4. The lowest BCUT2D eigenvalue weighted by Crippen LogP contribution is -2.64. The van der Waals surface area contributed by atoms with Gasteiger partial charge in [0.1, 0.15) is 48.8 Å². The Morgan fingerprint density at radius 2 is 1.23 bits per heavy atom. The first-order valence-corrected chi connectivity index (χ1v) is 19.0. The fourth-order valence-electron chi connectivity index (χ4n) is 7.24. The molecule has 11 atom stereocenters. The van der Waals surface area contributed by atoms with Crippen molar-refractivity contribution in [1.29, 1.82) is 0 Å². The highest BCUT2D eigenvalue weighted by molar-refractivity contribution is 5.66. The van der Waals surface area contributed by atoms with Crippen molar-refractivity contribution in [3.05, 3.63) is 154 Å². The summed E-state index contributed by atoms with van der Waals surface area (Å²) in [6.07, 6.45) is -8.45.